The van der Waals surface area contributed by atoms with Crippen molar-refractivity contribution in [2.45, 2.75) is 25.9 Å². The molecular formula is C18H21F3N2O4. The summed E-state index contributed by atoms with van der Waals surface area (Å²) in [6.07, 6.45) is -2.68. The maximum absolute atomic E-state index is 12.5. The smallest absolute Gasteiger partial charge is 0.416 e. The third kappa shape index (κ3) is 6.26. The second-order valence-electron chi connectivity index (χ2n) is 6.48. The van der Waals surface area contributed by atoms with E-state index in [1.807, 2.05) is 0 Å². The summed E-state index contributed by atoms with van der Waals surface area (Å²) in [7, 11) is 0. The number of hydrogen-bond donors (Lipinski definition) is 1. The Kier molecular flexibility index (Phi) is 6.81. The molecule has 0 aromatic heterocycles. The number of nitrogens with one attached hydrogen (secondary N) is 1. The third-order valence-corrected chi connectivity index (χ3v) is 4.36. The Morgan fingerprint density at radius 3 is 2.30 bits per heavy atom. The average molecular weight is 386 g/mol. The van der Waals surface area contributed by atoms with Crippen molar-refractivity contribution in [2.75, 3.05) is 26.2 Å². The maximum Gasteiger partial charge on any atom is 0.416 e. The number of carbonyl (C=O) groups is 3. The van der Waals surface area contributed by atoms with Crippen LogP contribution < -0.4 is 5.32 Å². The SMILES string of the molecule is CC1CCN(C(=O)COC(=O)CNC(=O)c2ccc(C(F)(F)F)cc2)CC1. The quantitative estimate of drug-likeness (QED) is 0.788. The highest BCUT2D eigenvalue weighted by Crippen LogP contribution is 2.29. The van der Waals surface area contributed by atoms with Gasteiger partial charge in [-0.25, -0.2) is 0 Å². The normalized spacial score (nSPS) is 15.3. The van der Waals surface area contributed by atoms with Gasteiger partial charge in [0, 0.05) is 18.7 Å². The zero-order valence-electron chi connectivity index (χ0n) is 14.8. The number of esters is 1. The molecule has 6 nitrogen and oxygen atoms in total. The van der Waals surface area contributed by atoms with Gasteiger partial charge in [-0.05, 0) is 43.0 Å². The van der Waals surface area contributed by atoms with Gasteiger partial charge in [-0.1, -0.05) is 6.92 Å². The van der Waals surface area contributed by atoms with Gasteiger partial charge in [-0.3, -0.25) is 14.4 Å². The summed E-state index contributed by atoms with van der Waals surface area (Å²) in [5, 5.41) is 2.25. The van der Waals surface area contributed by atoms with Gasteiger partial charge in [-0.2, -0.15) is 13.2 Å². The number of alkyl halides is 3. The fraction of sp³-hybridized carbons (Fsp3) is 0.500. The fourth-order valence-electron chi connectivity index (χ4n) is 2.61. The lowest BCUT2D eigenvalue weighted by molar-refractivity contribution is -0.151. The van der Waals surface area contributed by atoms with Crippen LogP contribution in [0.5, 0.6) is 0 Å². The summed E-state index contributed by atoms with van der Waals surface area (Å²) in [6, 6.07) is 3.60. The molecule has 0 saturated carbocycles. The molecule has 1 N–H and O–H groups in total. The molecule has 1 aliphatic rings. The van der Waals surface area contributed by atoms with Crippen molar-refractivity contribution in [2.24, 2.45) is 5.92 Å². The van der Waals surface area contributed by atoms with Gasteiger partial charge in [0.15, 0.2) is 6.61 Å². The highest BCUT2D eigenvalue weighted by Gasteiger charge is 2.30. The van der Waals surface area contributed by atoms with Gasteiger partial charge in [0.2, 0.25) is 0 Å². The lowest BCUT2D eigenvalue weighted by Gasteiger charge is -2.30. The van der Waals surface area contributed by atoms with E-state index in [1.165, 1.54) is 0 Å². The van der Waals surface area contributed by atoms with Crippen LogP contribution in [-0.2, 0) is 20.5 Å². The molecule has 0 spiro atoms. The second-order valence-corrected chi connectivity index (χ2v) is 6.48. The number of likely N-dealkylation sites (tertiary alicyclic amines) is 1. The van der Waals surface area contributed by atoms with Crippen LogP contribution in [0, 0.1) is 5.92 Å². The molecule has 1 aromatic rings. The molecular weight excluding hydrogens is 365 g/mol. The van der Waals surface area contributed by atoms with Crippen molar-refractivity contribution < 1.29 is 32.3 Å². The summed E-state index contributed by atoms with van der Waals surface area (Å²) in [4.78, 5) is 37.1. The van der Waals surface area contributed by atoms with E-state index in [-0.39, 0.29) is 11.5 Å². The third-order valence-electron chi connectivity index (χ3n) is 4.36. The number of nitrogens with zero attached hydrogens (tertiary/aromatic N) is 1. The van der Waals surface area contributed by atoms with Crippen molar-refractivity contribution in [3.8, 4) is 0 Å². The van der Waals surface area contributed by atoms with E-state index in [9.17, 15) is 27.6 Å². The molecule has 1 fully saturated rings. The Morgan fingerprint density at radius 2 is 1.74 bits per heavy atom. The standard InChI is InChI=1S/C18H21F3N2O4/c1-12-6-8-23(9-7-12)15(24)11-27-16(25)10-22-17(26)13-2-4-14(5-3-13)18(19,20)21/h2-5,12H,6-11H2,1H3,(H,22,26). The first-order chi connectivity index (χ1) is 12.7. The van der Waals surface area contributed by atoms with Crippen LogP contribution >= 0.6 is 0 Å². The molecule has 2 amide bonds. The molecule has 2 rings (SSSR count). The van der Waals surface area contributed by atoms with Gasteiger partial charge in [0.25, 0.3) is 11.8 Å². The van der Waals surface area contributed by atoms with Crippen molar-refractivity contribution in [3.63, 3.8) is 0 Å². The number of hydrogen-bond acceptors (Lipinski definition) is 4. The lowest BCUT2D eigenvalue weighted by atomic mass is 9.99. The average Bonchev–Trinajstić information content (AvgIpc) is 2.64. The summed E-state index contributed by atoms with van der Waals surface area (Å²) in [6.45, 7) is 2.49. The largest absolute Gasteiger partial charge is 0.454 e. The molecule has 1 heterocycles. The van der Waals surface area contributed by atoms with Gasteiger partial charge < -0.3 is 15.0 Å². The van der Waals surface area contributed by atoms with Crippen molar-refractivity contribution in [1.82, 2.24) is 10.2 Å². The predicted molar refractivity (Wildman–Crippen MR) is 89.7 cm³/mol. The Balaban J connectivity index is 1.73. The van der Waals surface area contributed by atoms with Crippen LogP contribution in [0.15, 0.2) is 24.3 Å². The fourth-order valence-corrected chi connectivity index (χ4v) is 2.61. The van der Waals surface area contributed by atoms with Crippen molar-refractivity contribution >= 4 is 17.8 Å². The van der Waals surface area contributed by atoms with Crippen molar-refractivity contribution in [3.05, 3.63) is 35.4 Å². The van der Waals surface area contributed by atoms with Crippen LogP contribution in [0.1, 0.15) is 35.7 Å². The number of amides is 2. The van der Waals surface area contributed by atoms with Gasteiger partial charge in [0.05, 0.1) is 5.56 Å². The first kappa shape index (κ1) is 20.7. The lowest BCUT2D eigenvalue weighted by Crippen LogP contribution is -2.41. The number of piperidine rings is 1. The number of rotatable bonds is 5. The summed E-state index contributed by atoms with van der Waals surface area (Å²) < 4.78 is 42.3. The molecule has 0 radical (unpaired) electrons. The van der Waals surface area contributed by atoms with Crippen LogP contribution in [0.2, 0.25) is 0 Å². The van der Waals surface area contributed by atoms with E-state index >= 15 is 0 Å². The molecule has 9 heteroatoms. The molecule has 148 valence electrons. The Morgan fingerprint density at radius 1 is 1.15 bits per heavy atom. The Labute approximate surface area is 154 Å². The molecule has 0 unspecified atom stereocenters. The van der Waals surface area contributed by atoms with E-state index in [1.54, 1.807) is 4.90 Å². The number of benzene rings is 1. The predicted octanol–water partition coefficient (Wildman–Crippen LogP) is 2.24. The minimum absolute atomic E-state index is 0.0192. The van der Waals surface area contributed by atoms with Crippen LogP contribution in [-0.4, -0.2) is 48.9 Å². The summed E-state index contributed by atoms with van der Waals surface area (Å²) in [5.41, 5.74) is -0.890. The van der Waals surface area contributed by atoms with Crippen LogP contribution in [0.25, 0.3) is 0 Å². The van der Waals surface area contributed by atoms with E-state index in [2.05, 4.69) is 12.2 Å². The molecule has 0 aliphatic carbocycles. The van der Waals surface area contributed by atoms with Crippen molar-refractivity contribution in [1.29, 1.82) is 0 Å². The Bertz CT molecular complexity index is 681. The zero-order chi connectivity index (χ0) is 20.0. The number of ether oxygens (including phenoxy) is 1. The summed E-state index contributed by atoms with van der Waals surface area (Å²) in [5.74, 6) is -1.23. The first-order valence-electron chi connectivity index (χ1n) is 8.55. The minimum Gasteiger partial charge on any atom is -0.454 e. The van der Waals surface area contributed by atoms with Crippen LogP contribution in [0.3, 0.4) is 0 Å². The maximum atomic E-state index is 12.5. The summed E-state index contributed by atoms with van der Waals surface area (Å²) >= 11 is 0. The van der Waals surface area contributed by atoms with Gasteiger partial charge in [-0.15, -0.1) is 0 Å². The molecule has 0 bridgehead atoms. The zero-order valence-corrected chi connectivity index (χ0v) is 14.8. The second kappa shape index (κ2) is 8.88. The molecule has 27 heavy (non-hydrogen) atoms. The number of carbonyl (C=O) groups excluding carboxylic acids is 3. The van der Waals surface area contributed by atoms with E-state index in [4.69, 9.17) is 4.74 Å². The topological polar surface area (TPSA) is 75.7 Å². The monoisotopic (exact) mass is 386 g/mol. The number of halogens is 3. The van der Waals surface area contributed by atoms with E-state index in [0.717, 1.165) is 37.1 Å². The van der Waals surface area contributed by atoms with Gasteiger partial charge in [0.1, 0.15) is 6.54 Å². The molecule has 1 aromatic carbocycles. The molecule has 1 saturated heterocycles. The van der Waals surface area contributed by atoms with E-state index in [0.29, 0.717) is 19.0 Å². The van der Waals surface area contributed by atoms with Gasteiger partial charge >= 0.3 is 12.1 Å². The Hall–Kier alpha value is -2.58. The highest BCUT2D eigenvalue weighted by atomic mass is 19.4. The minimum atomic E-state index is -4.49. The van der Waals surface area contributed by atoms with E-state index < -0.39 is 36.8 Å². The molecule has 1 aliphatic heterocycles. The molecule has 0 atom stereocenters. The first-order valence-corrected chi connectivity index (χ1v) is 8.55. The highest BCUT2D eigenvalue weighted by molar-refractivity contribution is 5.96. The van der Waals surface area contributed by atoms with Crippen LogP contribution in [0.4, 0.5) is 13.2 Å².